The van der Waals surface area contributed by atoms with Crippen LogP contribution in [0.3, 0.4) is 0 Å². The van der Waals surface area contributed by atoms with E-state index >= 15 is 0 Å². The smallest absolute Gasteiger partial charge is 0.374 e. The van der Waals surface area contributed by atoms with E-state index in [9.17, 15) is 0 Å². The van der Waals surface area contributed by atoms with E-state index < -0.39 is 141 Å². The molecule has 0 aromatic rings. The van der Waals surface area contributed by atoms with E-state index in [0.717, 1.165) is 0 Å². The largest absolute Gasteiger partial charge is 0.651 e. The number of hydrogen-bond acceptors (Lipinski definition) is 25. The van der Waals surface area contributed by atoms with Crippen LogP contribution in [0.5, 0.6) is 0 Å². The zero-order valence-corrected chi connectivity index (χ0v) is 48.2. The van der Waals surface area contributed by atoms with Gasteiger partial charge < -0.3 is 103 Å². The van der Waals surface area contributed by atoms with Gasteiger partial charge >= 0.3 is 141 Å². The van der Waals surface area contributed by atoms with E-state index in [4.69, 9.17) is 103 Å². The van der Waals surface area contributed by atoms with Crippen LogP contribution in [-0.2, 0) is 103 Å². The molecule has 25 nitrogen and oxygen atoms in total. The summed E-state index contributed by atoms with van der Waals surface area (Å²) in [5.41, 5.74) is 0. The maximum absolute atomic E-state index is 7.09. The molecule has 55 heavy (non-hydrogen) atoms. The first-order valence-corrected chi connectivity index (χ1v) is 51.6. The van der Waals surface area contributed by atoms with E-state index in [1.54, 1.807) is 91.7 Å². The summed E-state index contributed by atoms with van der Waals surface area (Å²) in [6.45, 7) is 22.9. The molecule has 12 aliphatic heterocycles. The number of rotatable bonds is 2. The molecular weight excluding hydrogens is 1020 g/mol. The topological polar surface area (TPSA) is 231 Å². The summed E-state index contributed by atoms with van der Waals surface area (Å²) in [4.78, 5) is 0. The highest BCUT2D eigenvalue weighted by Crippen LogP contribution is 2.52. The zero-order valence-electron chi connectivity index (χ0n) is 32.2. The Kier molecular flexibility index (Phi) is 8.60. The SMILES string of the molecule is C[Si]12O[Si]3(C)O[Si]4(C)O[Si](C)(O1)O[Si]1(C)O[Si](C)(O2)O[Si](C)(O3)O[Si](O[Si]23O[Si]5(C)O[Si]6(C)O[Si]7(C)O[Si](C)(O5)O[Si](C)(O[Si](C)(O7)O[Si](C)(O6)O2)O3)(O4)O1. The molecular formula is C14H42O25Si16. The van der Waals surface area contributed by atoms with Crippen molar-refractivity contribution in [1.82, 2.24) is 0 Å². The van der Waals surface area contributed by atoms with Gasteiger partial charge in [-0.05, 0) is 0 Å². The lowest BCUT2D eigenvalue weighted by atomic mass is 11.9. The van der Waals surface area contributed by atoms with Crippen molar-refractivity contribution >= 4 is 141 Å². The lowest BCUT2D eigenvalue weighted by molar-refractivity contribution is -0.0634. The third kappa shape index (κ3) is 7.21. The van der Waals surface area contributed by atoms with Crippen molar-refractivity contribution in [3.8, 4) is 0 Å². The fourth-order valence-corrected chi connectivity index (χ4v) is 98.6. The number of hydrogen-bond donors (Lipinski definition) is 0. The molecule has 0 aliphatic carbocycles. The molecule has 312 valence electrons. The second kappa shape index (κ2) is 11.4. The summed E-state index contributed by atoms with van der Waals surface area (Å²) in [5, 5.41) is 0. The van der Waals surface area contributed by atoms with Gasteiger partial charge in [0.1, 0.15) is 0 Å². The average Bonchev–Trinajstić information content (AvgIpc) is 2.74. The summed E-state index contributed by atoms with van der Waals surface area (Å²) in [5.74, 6) is 0. The van der Waals surface area contributed by atoms with Crippen molar-refractivity contribution in [2.24, 2.45) is 0 Å². The Morgan fingerprint density at radius 2 is 0.255 bits per heavy atom. The summed E-state index contributed by atoms with van der Waals surface area (Å²) in [6, 6.07) is 0. The predicted octanol–water partition coefficient (Wildman–Crippen LogP) is 0.370. The van der Waals surface area contributed by atoms with Gasteiger partial charge in [-0.15, -0.1) is 0 Å². The van der Waals surface area contributed by atoms with Crippen LogP contribution >= 0.6 is 0 Å². The second-order valence-electron chi connectivity index (χ2n) is 15.6. The van der Waals surface area contributed by atoms with Gasteiger partial charge in [-0.25, -0.2) is 0 Å². The highest BCUT2D eigenvalue weighted by atomic mass is 28.7. The van der Waals surface area contributed by atoms with Crippen LogP contribution in [0.2, 0.25) is 91.7 Å². The van der Waals surface area contributed by atoms with E-state index in [1.165, 1.54) is 0 Å². The average molecular weight is 1060 g/mol. The Bertz CT molecular complexity index is 1390. The first kappa shape index (κ1) is 41.5. The second-order valence-corrected chi connectivity index (χ2v) is 62.2. The molecule has 0 N–H and O–H groups in total. The van der Waals surface area contributed by atoms with E-state index in [1.807, 2.05) is 0 Å². The third-order valence-corrected chi connectivity index (χ3v) is 79.1. The standard InChI is InChI=1S/C14H42O25Si16/c1-40-15-42(3)21-48(9)23-43(4,16-40)25-50(11)26-44(5,17-40)24-49(10,22-42)34-54(33-48,35-50)39-55-36-51(12)27-45(6)18-41(2)19-46(7,29-51)31-53(14,38-55)32-47(8,20-41)30-52(13,28-45)37-55/h1-14H3. The Hall–Kier alpha value is 2.47. The Labute approximate surface area is 334 Å². The highest BCUT2D eigenvalue weighted by molar-refractivity contribution is 7.05. The maximum Gasteiger partial charge on any atom is 0.651 e. The molecule has 12 aliphatic rings. The van der Waals surface area contributed by atoms with Crippen LogP contribution in [0.15, 0.2) is 0 Å². The van der Waals surface area contributed by atoms with Gasteiger partial charge in [-0.3, -0.25) is 0 Å². The van der Waals surface area contributed by atoms with Crippen molar-refractivity contribution in [3.05, 3.63) is 0 Å². The van der Waals surface area contributed by atoms with Gasteiger partial charge in [0.25, 0.3) is 0 Å². The molecule has 0 aromatic heterocycles. The van der Waals surface area contributed by atoms with Gasteiger partial charge in [0.2, 0.25) is 0 Å². The Morgan fingerprint density at radius 3 is 0.364 bits per heavy atom. The highest BCUT2D eigenvalue weighted by Gasteiger charge is 2.86. The lowest BCUT2D eigenvalue weighted by Gasteiger charge is -2.61. The van der Waals surface area contributed by atoms with Gasteiger partial charge in [0, 0.05) is 91.7 Å². The van der Waals surface area contributed by atoms with Crippen LogP contribution in [0.25, 0.3) is 0 Å². The summed E-state index contributed by atoms with van der Waals surface area (Å²) >= 11 is 0. The molecule has 0 aromatic carbocycles. The van der Waals surface area contributed by atoms with Crippen LogP contribution in [0.1, 0.15) is 0 Å². The van der Waals surface area contributed by atoms with Crippen molar-refractivity contribution in [2.75, 3.05) is 0 Å². The first-order valence-electron chi connectivity index (χ1n) is 17.2. The fourth-order valence-electron chi connectivity index (χ4n) is 8.70. The molecule has 0 radical (unpaired) electrons. The van der Waals surface area contributed by atoms with Crippen LogP contribution in [0, 0.1) is 0 Å². The van der Waals surface area contributed by atoms with E-state index in [2.05, 4.69) is 0 Å². The molecule has 0 atom stereocenters. The van der Waals surface area contributed by atoms with Crippen molar-refractivity contribution < 1.29 is 103 Å². The fraction of sp³-hybridized carbons (Fsp3) is 1.00. The summed E-state index contributed by atoms with van der Waals surface area (Å²) < 4.78 is 170. The normalized spacial score (nSPS) is 67.3. The Balaban J connectivity index is 1.17. The van der Waals surface area contributed by atoms with Gasteiger partial charge in [0.05, 0.1) is 0 Å². The lowest BCUT2D eigenvalue weighted by Crippen LogP contribution is -2.89. The molecule has 0 unspecified atom stereocenters. The van der Waals surface area contributed by atoms with Crippen molar-refractivity contribution in [3.63, 3.8) is 0 Å². The predicted molar refractivity (Wildman–Crippen MR) is 201 cm³/mol. The van der Waals surface area contributed by atoms with Crippen LogP contribution in [0.4, 0.5) is 0 Å². The van der Waals surface area contributed by atoms with Crippen molar-refractivity contribution in [1.29, 1.82) is 0 Å². The monoisotopic (exact) mass is 1060 g/mol. The van der Waals surface area contributed by atoms with Crippen LogP contribution in [-0.4, -0.2) is 141 Å². The first-order chi connectivity index (χ1) is 24.7. The van der Waals surface area contributed by atoms with Crippen molar-refractivity contribution in [2.45, 2.75) is 91.7 Å². The molecule has 12 fully saturated rings. The maximum atomic E-state index is 7.09. The molecule has 12 rings (SSSR count). The molecule has 12 saturated heterocycles. The quantitative estimate of drug-likeness (QED) is 0.340. The minimum atomic E-state index is -5.08. The Morgan fingerprint density at radius 1 is 0.164 bits per heavy atom. The third-order valence-electron chi connectivity index (χ3n) is 8.79. The molecule has 41 heteroatoms. The van der Waals surface area contributed by atoms with E-state index in [0.29, 0.717) is 0 Å². The zero-order chi connectivity index (χ0) is 39.7. The molecule has 0 spiro atoms. The molecule has 0 amide bonds. The van der Waals surface area contributed by atoms with Gasteiger partial charge in [-0.2, -0.15) is 0 Å². The van der Waals surface area contributed by atoms with E-state index in [-0.39, 0.29) is 0 Å². The minimum Gasteiger partial charge on any atom is -0.374 e. The van der Waals surface area contributed by atoms with Gasteiger partial charge in [0.15, 0.2) is 0 Å². The summed E-state index contributed by atoms with van der Waals surface area (Å²) in [6.07, 6.45) is 0. The molecule has 16 bridgehead atoms. The molecule has 0 saturated carbocycles. The van der Waals surface area contributed by atoms with Crippen LogP contribution < -0.4 is 0 Å². The minimum absolute atomic E-state index is 1.59. The van der Waals surface area contributed by atoms with Gasteiger partial charge in [-0.1, -0.05) is 0 Å². The summed E-state index contributed by atoms with van der Waals surface area (Å²) in [7, 11) is -65.9. The molecule has 12 heterocycles.